The Hall–Kier alpha value is -1.97. The van der Waals surface area contributed by atoms with Gasteiger partial charge < -0.3 is 0 Å². The number of nitrogens with zero attached hydrogens (tertiary/aromatic N) is 5. The quantitative estimate of drug-likeness (QED) is 0.684. The van der Waals surface area contributed by atoms with Crippen LogP contribution < -0.4 is 0 Å². The van der Waals surface area contributed by atoms with E-state index in [1.54, 1.807) is 28.7 Å². The molecule has 1 aromatic carbocycles. The van der Waals surface area contributed by atoms with Crippen molar-refractivity contribution in [2.75, 3.05) is 0 Å². The molecule has 5 rings (SSSR count). The minimum absolute atomic E-state index is 0.0568. The fourth-order valence-corrected chi connectivity index (χ4v) is 6.61. The highest BCUT2D eigenvalue weighted by Gasteiger charge is 2.48. The maximum absolute atomic E-state index is 13.5. The SMILES string of the molecule is Cc1ncc2c(n1)CC1CCC2N1S(=O)(=O)c1cccc2nsnc12. The summed E-state index contributed by atoms with van der Waals surface area (Å²) in [6.45, 7) is 1.86. The van der Waals surface area contributed by atoms with E-state index in [2.05, 4.69) is 18.7 Å². The summed E-state index contributed by atoms with van der Waals surface area (Å²) < 4.78 is 36.9. The Morgan fingerprint density at radius 2 is 2.12 bits per heavy atom. The maximum atomic E-state index is 13.5. The van der Waals surface area contributed by atoms with Crippen LogP contribution in [-0.2, 0) is 16.4 Å². The topological polar surface area (TPSA) is 88.9 Å². The van der Waals surface area contributed by atoms with Crippen LogP contribution in [0.2, 0.25) is 0 Å². The highest BCUT2D eigenvalue weighted by molar-refractivity contribution is 7.89. The number of fused-ring (bicyclic) bond motifs is 5. The molecular formula is C16H15N5O2S2. The van der Waals surface area contributed by atoms with Crippen LogP contribution in [0.3, 0.4) is 0 Å². The minimum atomic E-state index is -3.67. The second kappa shape index (κ2) is 5.26. The molecule has 0 amide bonds. The van der Waals surface area contributed by atoms with Gasteiger partial charge in [0.05, 0.1) is 23.5 Å². The van der Waals surface area contributed by atoms with Gasteiger partial charge in [0.2, 0.25) is 10.0 Å². The lowest BCUT2D eigenvalue weighted by Crippen LogP contribution is -2.42. The first-order chi connectivity index (χ1) is 12.1. The molecule has 4 heterocycles. The molecule has 25 heavy (non-hydrogen) atoms. The summed E-state index contributed by atoms with van der Waals surface area (Å²) in [7, 11) is -3.67. The molecule has 2 atom stereocenters. The first-order valence-corrected chi connectivity index (χ1v) is 10.3. The molecule has 0 N–H and O–H groups in total. The third-order valence-electron chi connectivity index (χ3n) is 5.05. The number of rotatable bonds is 2. The van der Waals surface area contributed by atoms with Crippen molar-refractivity contribution in [2.24, 2.45) is 0 Å². The molecule has 128 valence electrons. The molecule has 0 aliphatic carbocycles. The fourth-order valence-electron chi connectivity index (χ4n) is 4.00. The van der Waals surface area contributed by atoms with Gasteiger partial charge in [0.1, 0.15) is 21.8 Å². The van der Waals surface area contributed by atoms with Gasteiger partial charge in [-0.3, -0.25) is 0 Å². The van der Waals surface area contributed by atoms with Gasteiger partial charge in [-0.2, -0.15) is 13.1 Å². The third-order valence-corrected chi connectivity index (χ3v) is 7.59. The zero-order valence-electron chi connectivity index (χ0n) is 13.5. The summed E-state index contributed by atoms with van der Waals surface area (Å²) >= 11 is 1.03. The molecule has 1 saturated heterocycles. The largest absolute Gasteiger partial charge is 0.246 e. The monoisotopic (exact) mass is 373 g/mol. The van der Waals surface area contributed by atoms with Crippen LogP contribution in [0.1, 0.15) is 36.0 Å². The van der Waals surface area contributed by atoms with Crippen molar-refractivity contribution < 1.29 is 8.42 Å². The van der Waals surface area contributed by atoms with Crippen molar-refractivity contribution in [3.8, 4) is 0 Å². The summed E-state index contributed by atoms with van der Waals surface area (Å²) in [5.41, 5.74) is 3.00. The maximum Gasteiger partial charge on any atom is 0.246 e. The van der Waals surface area contributed by atoms with E-state index in [-0.39, 0.29) is 17.0 Å². The Morgan fingerprint density at radius 3 is 3.00 bits per heavy atom. The van der Waals surface area contributed by atoms with Crippen molar-refractivity contribution in [1.82, 2.24) is 23.0 Å². The highest BCUT2D eigenvalue weighted by atomic mass is 32.2. The van der Waals surface area contributed by atoms with E-state index in [4.69, 9.17) is 0 Å². The first-order valence-electron chi connectivity index (χ1n) is 8.13. The number of sulfonamides is 1. The standard InChI is InChI=1S/C16H15N5O2S2/c1-9-17-8-11-13(18-9)7-10-5-6-14(11)21(10)25(22,23)15-4-2-3-12-16(15)20-24-19-12/h2-4,8,10,14H,5-7H2,1H3. The van der Waals surface area contributed by atoms with E-state index in [0.29, 0.717) is 17.5 Å². The van der Waals surface area contributed by atoms with E-state index < -0.39 is 10.0 Å². The molecular weight excluding hydrogens is 358 g/mol. The molecule has 3 aromatic rings. The molecule has 0 saturated carbocycles. The van der Waals surface area contributed by atoms with Crippen LogP contribution in [0.25, 0.3) is 11.0 Å². The lowest BCUT2D eigenvalue weighted by molar-refractivity contribution is 0.300. The zero-order chi connectivity index (χ0) is 17.2. The normalized spacial score (nSPS) is 23.1. The lowest BCUT2D eigenvalue weighted by Gasteiger charge is -2.34. The van der Waals surface area contributed by atoms with Gasteiger partial charge in [0.15, 0.2) is 0 Å². The van der Waals surface area contributed by atoms with E-state index in [1.165, 1.54) is 0 Å². The van der Waals surface area contributed by atoms with Crippen LogP contribution in [0, 0.1) is 6.92 Å². The molecule has 1 fully saturated rings. The van der Waals surface area contributed by atoms with Crippen molar-refractivity contribution in [3.63, 3.8) is 0 Å². The second-order valence-corrected chi connectivity index (χ2v) is 8.83. The summed E-state index contributed by atoms with van der Waals surface area (Å²) in [4.78, 5) is 9.06. The molecule has 7 nitrogen and oxygen atoms in total. The lowest BCUT2D eigenvalue weighted by atomic mass is 10.0. The summed E-state index contributed by atoms with van der Waals surface area (Å²) in [6.07, 6.45) is 4.07. The molecule has 2 aromatic heterocycles. The Balaban J connectivity index is 1.66. The number of aromatic nitrogens is 4. The number of benzene rings is 1. The number of hydrogen-bond donors (Lipinski definition) is 0. The zero-order valence-corrected chi connectivity index (χ0v) is 15.1. The molecule has 9 heteroatoms. The third kappa shape index (κ3) is 2.16. The number of aryl methyl sites for hydroxylation is 1. The first kappa shape index (κ1) is 15.3. The van der Waals surface area contributed by atoms with Gasteiger partial charge in [0.25, 0.3) is 0 Å². The molecule has 2 unspecified atom stereocenters. The Morgan fingerprint density at radius 1 is 1.24 bits per heavy atom. The van der Waals surface area contributed by atoms with E-state index in [9.17, 15) is 8.42 Å². The van der Waals surface area contributed by atoms with Crippen LogP contribution in [0.4, 0.5) is 0 Å². The highest BCUT2D eigenvalue weighted by Crippen LogP contribution is 2.46. The van der Waals surface area contributed by atoms with E-state index >= 15 is 0 Å². The Bertz CT molecular complexity index is 1090. The van der Waals surface area contributed by atoms with Crippen LogP contribution in [0.15, 0.2) is 29.3 Å². The van der Waals surface area contributed by atoms with Crippen molar-refractivity contribution in [2.45, 2.75) is 43.2 Å². The molecule has 2 bridgehead atoms. The van der Waals surface area contributed by atoms with Crippen molar-refractivity contribution >= 4 is 32.8 Å². The van der Waals surface area contributed by atoms with Gasteiger partial charge in [-0.05, 0) is 31.9 Å². The Labute approximate surface area is 149 Å². The minimum Gasteiger partial charge on any atom is -0.241 e. The van der Waals surface area contributed by atoms with Crippen LogP contribution in [-0.4, -0.2) is 37.5 Å². The average Bonchev–Trinajstić information content (AvgIpc) is 3.18. The van der Waals surface area contributed by atoms with Crippen molar-refractivity contribution in [1.29, 1.82) is 0 Å². The fraction of sp³-hybridized carbons (Fsp3) is 0.375. The molecule has 0 radical (unpaired) electrons. The second-order valence-electron chi connectivity index (χ2n) is 6.49. The van der Waals surface area contributed by atoms with E-state index in [1.807, 2.05) is 6.92 Å². The summed E-state index contributed by atoms with van der Waals surface area (Å²) in [6, 6.07) is 4.89. The van der Waals surface area contributed by atoms with Gasteiger partial charge in [-0.25, -0.2) is 18.4 Å². The molecule has 2 aliphatic heterocycles. The van der Waals surface area contributed by atoms with Crippen molar-refractivity contribution in [3.05, 3.63) is 41.5 Å². The van der Waals surface area contributed by atoms with Gasteiger partial charge >= 0.3 is 0 Å². The van der Waals surface area contributed by atoms with Gasteiger partial charge in [0, 0.05) is 24.2 Å². The molecule has 2 aliphatic rings. The predicted molar refractivity (Wildman–Crippen MR) is 92.7 cm³/mol. The van der Waals surface area contributed by atoms with Gasteiger partial charge in [-0.15, -0.1) is 0 Å². The predicted octanol–water partition coefficient (Wildman–Crippen LogP) is 2.24. The summed E-state index contributed by atoms with van der Waals surface area (Å²) in [5, 5.41) is 0. The van der Waals surface area contributed by atoms with E-state index in [0.717, 1.165) is 41.7 Å². The van der Waals surface area contributed by atoms with Crippen LogP contribution >= 0.6 is 11.7 Å². The number of hydrogen-bond acceptors (Lipinski definition) is 7. The average molecular weight is 373 g/mol. The Kier molecular flexibility index (Phi) is 3.22. The molecule has 0 spiro atoms. The smallest absolute Gasteiger partial charge is 0.241 e. The van der Waals surface area contributed by atoms with Gasteiger partial charge in [-0.1, -0.05) is 6.07 Å². The van der Waals surface area contributed by atoms with Crippen LogP contribution in [0.5, 0.6) is 0 Å². The summed E-state index contributed by atoms with van der Waals surface area (Å²) in [5.74, 6) is 0.729.